The molecule has 1 amide bonds. The maximum absolute atomic E-state index is 12.5. The normalized spacial score (nSPS) is 13.2. The smallest absolute Gasteiger partial charge is 0.342 e. The lowest BCUT2D eigenvalue weighted by Gasteiger charge is -2.11. The van der Waals surface area contributed by atoms with E-state index in [1.165, 1.54) is 6.92 Å². The van der Waals surface area contributed by atoms with Crippen LogP contribution in [0, 0.1) is 6.92 Å². The zero-order chi connectivity index (χ0) is 17.5. The van der Waals surface area contributed by atoms with Crippen LogP contribution in [0.3, 0.4) is 0 Å². The molecule has 0 aromatic carbocycles. The van der Waals surface area contributed by atoms with Crippen molar-refractivity contribution in [3.63, 3.8) is 0 Å². The molecule has 0 spiro atoms. The average Bonchev–Trinajstić information content (AvgIpc) is 3.11. The molecule has 126 valence electrons. The molecule has 0 aliphatic rings. The molecule has 3 aromatic rings. The van der Waals surface area contributed by atoms with Crippen LogP contribution in [0.1, 0.15) is 40.7 Å². The van der Waals surface area contributed by atoms with E-state index in [-0.39, 0.29) is 5.82 Å². The second kappa shape index (κ2) is 5.62. The summed E-state index contributed by atoms with van der Waals surface area (Å²) in [6, 6.07) is 2.42. The van der Waals surface area contributed by atoms with E-state index in [1.54, 1.807) is 22.7 Å². The van der Waals surface area contributed by atoms with Crippen molar-refractivity contribution in [3.05, 3.63) is 47.4 Å². The fourth-order valence-electron chi connectivity index (χ4n) is 2.19. The number of nitrogens with zero attached hydrogens (tertiary/aromatic N) is 4. The van der Waals surface area contributed by atoms with Gasteiger partial charge in [0.1, 0.15) is 11.5 Å². The number of amides is 1. The van der Waals surface area contributed by atoms with Crippen LogP contribution < -0.4 is 5.32 Å². The molecule has 2 N–H and O–H groups in total. The number of rotatable bonds is 3. The second-order valence-corrected chi connectivity index (χ2v) is 5.30. The van der Waals surface area contributed by atoms with Crippen LogP contribution in [0.25, 0.3) is 5.65 Å². The number of nitrogens with one attached hydrogen (secondary N) is 2. The highest BCUT2D eigenvalue weighted by atomic mass is 19.4. The molecule has 3 rings (SSSR count). The van der Waals surface area contributed by atoms with Crippen LogP contribution in [0.15, 0.2) is 24.5 Å². The van der Waals surface area contributed by atoms with E-state index < -0.39 is 23.9 Å². The van der Waals surface area contributed by atoms with E-state index in [2.05, 4.69) is 25.5 Å². The fourth-order valence-corrected chi connectivity index (χ4v) is 2.19. The third kappa shape index (κ3) is 3.07. The lowest BCUT2D eigenvalue weighted by atomic mass is 10.2. The molecule has 0 radical (unpaired) electrons. The summed E-state index contributed by atoms with van der Waals surface area (Å²) in [5.41, 5.74) is 1.75. The Labute approximate surface area is 133 Å². The van der Waals surface area contributed by atoms with Gasteiger partial charge in [0, 0.05) is 18.0 Å². The van der Waals surface area contributed by atoms with Crippen molar-refractivity contribution in [1.82, 2.24) is 29.9 Å². The summed E-state index contributed by atoms with van der Waals surface area (Å²) in [6.07, 6.45) is -1.14. The van der Waals surface area contributed by atoms with Crippen molar-refractivity contribution in [2.45, 2.75) is 26.1 Å². The second-order valence-electron chi connectivity index (χ2n) is 5.30. The van der Waals surface area contributed by atoms with Crippen molar-refractivity contribution < 1.29 is 18.0 Å². The number of aryl methyl sites for hydroxylation is 1. The molecule has 0 aliphatic heterocycles. The number of alkyl halides is 3. The molecular weight excluding hydrogens is 325 g/mol. The lowest BCUT2D eigenvalue weighted by molar-refractivity contribution is -0.144. The quantitative estimate of drug-likeness (QED) is 0.767. The van der Waals surface area contributed by atoms with Crippen molar-refractivity contribution in [3.8, 4) is 0 Å². The first kappa shape index (κ1) is 16.0. The van der Waals surface area contributed by atoms with Gasteiger partial charge in [-0.3, -0.25) is 9.89 Å². The zero-order valence-corrected chi connectivity index (χ0v) is 12.7. The molecule has 1 atom stereocenters. The maximum Gasteiger partial charge on any atom is 0.453 e. The SMILES string of the molecule is Cc1cn2ccc(C(=O)NC(C)c3nc(C(F)(F)F)n[nH]3)cc2n1. The van der Waals surface area contributed by atoms with Crippen molar-refractivity contribution >= 4 is 11.6 Å². The summed E-state index contributed by atoms with van der Waals surface area (Å²) in [4.78, 5) is 19.9. The van der Waals surface area contributed by atoms with Crippen LogP contribution >= 0.6 is 0 Å². The van der Waals surface area contributed by atoms with Gasteiger partial charge >= 0.3 is 6.18 Å². The largest absolute Gasteiger partial charge is 0.453 e. The Morgan fingerprint density at radius 1 is 1.38 bits per heavy atom. The van der Waals surface area contributed by atoms with Gasteiger partial charge < -0.3 is 9.72 Å². The van der Waals surface area contributed by atoms with Crippen molar-refractivity contribution in [2.24, 2.45) is 0 Å². The fraction of sp³-hybridized carbons (Fsp3) is 0.286. The van der Waals surface area contributed by atoms with Gasteiger partial charge in [-0.2, -0.15) is 13.2 Å². The van der Waals surface area contributed by atoms with Gasteiger partial charge in [-0.25, -0.2) is 9.97 Å². The molecule has 10 heteroatoms. The highest BCUT2D eigenvalue weighted by Crippen LogP contribution is 2.26. The summed E-state index contributed by atoms with van der Waals surface area (Å²) in [5.74, 6) is -1.79. The zero-order valence-electron chi connectivity index (χ0n) is 12.7. The minimum atomic E-state index is -4.64. The first-order valence-electron chi connectivity index (χ1n) is 7.00. The molecule has 1 unspecified atom stereocenters. The number of fused-ring (bicyclic) bond motifs is 1. The van der Waals surface area contributed by atoms with Gasteiger partial charge in [-0.15, -0.1) is 5.10 Å². The Morgan fingerprint density at radius 3 is 2.79 bits per heavy atom. The standard InChI is InChI=1S/C14H13F3N6O/c1-7-6-23-4-3-9(5-10(23)18-7)12(24)19-8(2)11-20-13(22-21-11)14(15,16)17/h3-6,8H,1-2H3,(H,19,24)(H,20,21,22). The number of pyridine rings is 1. The van der Waals surface area contributed by atoms with Crippen molar-refractivity contribution in [1.29, 1.82) is 0 Å². The number of carbonyl (C=O) groups is 1. The van der Waals surface area contributed by atoms with Crippen LogP contribution in [-0.2, 0) is 6.18 Å². The number of hydrogen-bond acceptors (Lipinski definition) is 4. The molecule has 7 nitrogen and oxygen atoms in total. The molecule has 3 aromatic heterocycles. The van der Waals surface area contributed by atoms with Gasteiger partial charge in [0.25, 0.3) is 11.7 Å². The van der Waals surface area contributed by atoms with Crippen LogP contribution in [0.5, 0.6) is 0 Å². The first-order valence-corrected chi connectivity index (χ1v) is 7.00. The Hall–Kier alpha value is -2.91. The molecular formula is C14H13F3N6O. The van der Waals surface area contributed by atoms with Crippen molar-refractivity contribution in [2.75, 3.05) is 0 Å². The lowest BCUT2D eigenvalue weighted by Crippen LogP contribution is -2.27. The molecule has 24 heavy (non-hydrogen) atoms. The third-order valence-corrected chi connectivity index (χ3v) is 3.36. The summed E-state index contributed by atoms with van der Waals surface area (Å²) in [6.45, 7) is 3.34. The van der Waals surface area contributed by atoms with Crippen LogP contribution in [0.2, 0.25) is 0 Å². The Balaban J connectivity index is 1.76. The summed E-state index contributed by atoms with van der Waals surface area (Å²) in [7, 11) is 0. The topological polar surface area (TPSA) is 88.0 Å². The number of H-pyrrole nitrogens is 1. The number of halogens is 3. The molecule has 0 fully saturated rings. The Bertz CT molecular complexity index is 897. The number of hydrogen-bond donors (Lipinski definition) is 2. The number of imidazole rings is 1. The van der Waals surface area contributed by atoms with Gasteiger partial charge in [-0.05, 0) is 26.0 Å². The first-order chi connectivity index (χ1) is 11.2. The van der Waals surface area contributed by atoms with E-state index in [9.17, 15) is 18.0 Å². The monoisotopic (exact) mass is 338 g/mol. The minimum Gasteiger partial charge on any atom is -0.342 e. The van der Waals surface area contributed by atoms with Gasteiger partial charge in [0.05, 0.1) is 11.7 Å². The predicted octanol–water partition coefficient (Wildman–Crippen LogP) is 2.27. The molecule has 0 aliphatic carbocycles. The number of aromatic amines is 1. The highest BCUT2D eigenvalue weighted by Gasteiger charge is 2.36. The van der Waals surface area contributed by atoms with Gasteiger partial charge in [-0.1, -0.05) is 0 Å². The summed E-state index contributed by atoms with van der Waals surface area (Å²) < 4.78 is 39.3. The van der Waals surface area contributed by atoms with E-state index in [0.29, 0.717) is 11.2 Å². The van der Waals surface area contributed by atoms with Gasteiger partial charge in [0.15, 0.2) is 0 Å². The van der Waals surface area contributed by atoms with E-state index in [0.717, 1.165) is 5.69 Å². The van der Waals surface area contributed by atoms with E-state index >= 15 is 0 Å². The van der Waals surface area contributed by atoms with Crippen LogP contribution in [0.4, 0.5) is 13.2 Å². The maximum atomic E-state index is 12.5. The molecule has 0 saturated heterocycles. The molecule has 0 bridgehead atoms. The predicted molar refractivity (Wildman–Crippen MR) is 77.2 cm³/mol. The Morgan fingerprint density at radius 2 is 2.12 bits per heavy atom. The highest BCUT2D eigenvalue weighted by molar-refractivity contribution is 5.95. The summed E-state index contributed by atoms with van der Waals surface area (Å²) in [5, 5.41) is 7.87. The average molecular weight is 338 g/mol. The Kier molecular flexibility index (Phi) is 3.74. The molecule has 3 heterocycles. The third-order valence-electron chi connectivity index (χ3n) is 3.36. The minimum absolute atomic E-state index is 0.0755. The number of carbonyl (C=O) groups excluding carboxylic acids is 1. The van der Waals surface area contributed by atoms with Crippen LogP contribution in [-0.4, -0.2) is 30.5 Å². The van der Waals surface area contributed by atoms with E-state index in [1.807, 2.05) is 13.1 Å². The number of aromatic nitrogens is 5. The van der Waals surface area contributed by atoms with Gasteiger partial charge in [0.2, 0.25) is 0 Å². The summed E-state index contributed by atoms with van der Waals surface area (Å²) >= 11 is 0. The molecule has 0 saturated carbocycles. The van der Waals surface area contributed by atoms with E-state index in [4.69, 9.17) is 0 Å².